The molecule has 126 valence electrons. The molecule has 0 unspecified atom stereocenters. The highest BCUT2D eigenvalue weighted by molar-refractivity contribution is 9.39. The largest absolute Gasteiger partial charge is 0.378 e. The maximum Gasteiger partial charge on any atom is 0.252 e. The number of ether oxygens (including phenoxy) is 1. The maximum absolute atomic E-state index is 12.4. The number of hydrogen-bond acceptors (Lipinski definition) is 3. The quantitative estimate of drug-likeness (QED) is 0.358. The number of hydrogen-bond donors (Lipinski definition) is 2. The van der Waals surface area contributed by atoms with Crippen molar-refractivity contribution < 1.29 is 9.53 Å². The van der Waals surface area contributed by atoms with Crippen molar-refractivity contribution in [2.45, 2.75) is 8.31 Å². The highest BCUT2D eigenvalue weighted by atomic mass is 80.0. The molecule has 1 amide bonds. The van der Waals surface area contributed by atoms with Crippen molar-refractivity contribution >= 4 is 71.0 Å². The molecule has 1 heterocycles. The summed E-state index contributed by atoms with van der Waals surface area (Å²) in [6, 6.07) is 9.01. The van der Waals surface area contributed by atoms with Crippen molar-refractivity contribution in [3.05, 3.63) is 35.9 Å². The summed E-state index contributed by atoms with van der Waals surface area (Å²) in [5.41, 5.74) is 0.577. The number of thiocarbonyl (C=S) groups is 1. The van der Waals surface area contributed by atoms with E-state index in [1.807, 2.05) is 23.1 Å². The van der Waals surface area contributed by atoms with Gasteiger partial charge in [-0.15, -0.1) is 0 Å². The van der Waals surface area contributed by atoms with Crippen molar-refractivity contribution in [3.8, 4) is 0 Å². The first-order chi connectivity index (χ1) is 10.9. The van der Waals surface area contributed by atoms with Crippen LogP contribution in [0.3, 0.4) is 0 Å². The first-order valence-electron chi connectivity index (χ1n) is 6.94. The number of nitrogens with zero attached hydrogens (tertiary/aromatic N) is 1. The Balaban J connectivity index is 2.02. The zero-order valence-corrected chi connectivity index (χ0v) is 17.7. The van der Waals surface area contributed by atoms with E-state index in [0.717, 1.165) is 13.1 Å². The molecule has 1 aliphatic heterocycles. The van der Waals surface area contributed by atoms with Crippen LogP contribution in [0.15, 0.2) is 30.3 Å². The summed E-state index contributed by atoms with van der Waals surface area (Å²) in [4.78, 5) is 14.4. The summed E-state index contributed by atoms with van der Waals surface area (Å²) in [6.45, 7) is 2.74. The second kappa shape index (κ2) is 8.75. The summed E-state index contributed by atoms with van der Waals surface area (Å²) < 4.78 is 4.58. The molecule has 9 heteroatoms. The van der Waals surface area contributed by atoms with Gasteiger partial charge in [-0.05, 0) is 24.4 Å². The van der Waals surface area contributed by atoms with Gasteiger partial charge in [-0.2, -0.15) is 0 Å². The zero-order chi connectivity index (χ0) is 16.9. The molecule has 1 saturated heterocycles. The van der Waals surface area contributed by atoms with Crippen LogP contribution in [0.4, 0.5) is 0 Å². The van der Waals surface area contributed by atoms with Gasteiger partial charge in [-0.25, -0.2) is 0 Å². The number of benzene rings is 1. The minimum atomic E-state index is -0.742. The third-order valence-electron chi connectivity index (χ3n) is 3.20. The van der Waals surface area contributed by atoms with Gasteiger partial charge in [0.1, 0.15) is 6.17 Å². The van der Waals surface area contributed by atoms with E-state index >= 15 is 0 Å². The van der Waals surface area contributed by atoms with Gasteiger partial charge in [0.15, 0.2) is 7.26 Å². The number of amides is 1. The first-order valence-corrected chi connectivity index (χ1v) is 9.72. The summed E-state index contributed by atoms with van der Waals surface area (Å²) >= 11 is 15.8. The summed E-state index contributed by atoms with van der Waals surface area (Å²) in [5.74, 6) is -0.199. The Morgan fingerprint density at radius 1 is 1.17 bits per heavy atom. The Morgan fingerprint density at radius 2 is 1.78 bits per heavy atom. The smallest absolute Gasteiger partial charge is 0.252 e. The molecule has 1 fully saturated rings. The van der Waals surface area contributed by atoms with Gasteiger partial charge in [0.05, 0.1) is 13.2 Å². The minimum absolute atomic E-state index is 0.199. The van der Waals surface area contributed by atoms with Gasteiger partial charge in [-0.1, -0.05) is 66.0 Å². The standard InChI is InChI=1S/C14H16Br3N3O2S/c15-14(16,17)12(18-11(21)10-4-2-1-3-5-10)19-13(23)20-6-8-22-9-7-20/h1-5,12H,6-9H2,(H,18,21)(H,19,23)/t12-/m0/s1. The first kappa shape index (κ1) is 19.1. The van der Waals surface area contributed by atoms with Gasteiger partial charge in [0.2, 0.25) is 0 Å². The SMILES string of the molecule is O=C(N[C@@H](NC(=S)N1CCOCC1)C(Br)(Br)Br)c1ccccc1. The second-order valence-electron chi connectivity index (χ2n) is 4.86. The van der Waals surface area contributed by atoms with Gasteiger partial charge >= 0.3 is 0 Å². The van der Waals surface area contributed by atoms with Crippen molar-refractivity contribution in [2.75, 3.05) is 26.3 Å². The lowest BCUT2D eigenvalue weighted by Crippen LogP contribution is -2.58. The highest BCUT2D eigenvalue weighted by Gasteiger charge is 2.34. The average molecular weight is 530 g/mol. The molecule has 0 bridgehead atoms. The fraction of sp³-hybridized carbons (Fsp3) is 0.429. The molecule has 2 rings (SSSR count). The number of morpholine rings is 1. The molecule has 1 aromatic rings. The van der Waals surface area contributed by atoms with Gasteiger partial charge in [0.25, 0.3) is 5.91 Å². The fourth-order valence-corrected chi connectivity index (χ4v) is 2.97. The molecule has 5 nitrogen and oxygen atoms in total. The molecule has 1 atom stereocenters. The summed E-state index contributed by atoms with van der Waals surface area (Å²) in [5, 5.41) is 6.63. The van der Waals surface area contributed by atoms with E-state index in [-0.39, 0.29) is 5.91 Å². The summed E-state index contributed by atoms with van der Waals surface area (Å²) in [7, 11) is 0. The molecule has 0 aliphatic carbocycles. The van der Waals surface area contributed by atoms with E-state index in [9.17, 15) is 4.79 Å². The molecule has 23 heavy (non-hydrogen) atoms. The van der Waals surface area contributed by atoms with Crippen LogP contribution in [0.2, 0.25) is 0 Å². The van der Waals surface area contributed by atoms with Crippen molar-refractivity contribution in [1.29, 1.82) is 0 Å². The van der Waals surface area contributed by atoms with Gasteiger partial charge < -0.3 is 20.3 Å². The third-order valence-corrected chi connectivity index (χ3v) is 4.95. The van der Waals surface area contributed by atoms with Crippen LogP contribution in [-0.4, -0.2) is 50.5 Å². The van der Waals surface area contributed by atoms with Crippen molar-refractivity contribution in [1.82, 2.24) is 15.5 Å². The van der Waals surface area contributed by atoms with Crippen molar-refractivity contribution in [2.24, 2.45) is 0 Å². The lowest BCUT2D eigenvalue weighted by Gasteiger charge is -2.34. The summed E-state index contributed by atoms with van der Waals surface area (Å²) in [6.07, 6.45) is -0.509. The molecule has 1 aromatic carbocycles. The predicted molar refractivity (Wildman–Crippen MR) is 105 cm³/mol. The molecular formula is C14H16Br3N3O2S. The highest BCUT2D eigenvalue weighted by Crippen LogP contribution is 2.36. The van der Waals surface area contributed by atoms with E-state index in [0.29, 0.717) is 23.9 Å². The van der Waals surface area contributed by atoms with Crippen LogP contribution in [0.5, 0.6) is 0 Å². The Labute approximate surface area is 165 Å². The third kappa shape index (κ3) is 5.97. The second-order valence-corrected chi connectivity index (χ2v) is 12.2. The molecular weight excluding hydrogens is 514 g/mol. The lowest BCUT2D eigenvalue weighted by atomic mass is 10.2. The van der Waals surface area contributed by atoms with Crippen LogP contribution in [-0.2, 0) is 4.74 Å². The predicted octanol–water partition coefficient (Wildman–Crippen LogP) is 2.79. The molecule has 0 spiro atoms. The van der Waals surface area contributed by atoms with Crippen LogP contribution in [0.25, 0.3) is 0 Å². The van der Waals surface area contributed by atoms with Crippen molar-refractivity contribution in [3.63, 3.8) is 0 Å². The van der Waals surface area contributed by atoms with E-state index in [1.54, 1.807) is 12.1 Å². The molecule has 0 radical (unpaired) electrons. The van der Waals surface area contributed by atoms with Gasteiger partial charge in [-0.3, -0.25) is 4.79 Å². The maximum atomic E-state index is 12.4. The van der Waals surface area contributed by atoms with E-state index in [1.165, 1.54) is 0 Å². The normalized spacial score (nSPS) is 16.6. The van der Waals surface area contributed by atoms with Crippen LogP contribution in [0.1, 0.15) is 10.4 Å². The fourth-order valence-electron chi connectivity index (χ4n) is 1.98. The lowest BCUT2D eigenvalue weighted by molar-refractivity contribution is 0.0671. The number of alkyl halides is 3. The Bertz CT molecular complexity index is 548. The van der Waals surface area contributed by atoms with Crippen LogP contribution >= 0.6 is 60.0 Å². The topological polar surface area (TPSA) is 53.6 Å². The number of rotatable bonds is 3. The number of nitrogens with one attached hydrogen (secondary N) is 2. The van der Waals surface area contributed by atoms with Crippen LogP contribution in [0, 0.1) is 0 Å². The number of carbonyl (C=O) groups is 1. The van der Waals surface area contributed by atoms with E-state index in [2.05, 4.69) is 58.4 Å². The van der Waals surface area contributed by atoms with E-state index < -0.39 is 8.31 Å². The number of carbonyl (C=O) groups excluding carboxylic acids is 1. The minimum Gasteiger partial charge on any atom is -0.378 e. The molecule has 1 aliphatic rings. The molecule has 0 aromatic heterocycles. The van der Waals surface area contributed by atoms with E-state index in [4.69, 9.17) is 17.0 Å². The molecule has 2 N–H and O–H groups in total. The number of halogens is 3. The zero-order valence-electron chi connectivity index (χ0n) is 12.1. The Morgan fingerprint density at radius 3 is 2.35 bits per heavy atom. The van der Waals surface area contributed by atoms with Crippen LogP contribution < -0.4 is 10.6 Å². The average Bonchev–Trinajstić information content (AvgIpc) is 2.54. The Kier molecular flexibility index (Phi) is 7.27. The monoisotopic (exact) mass is 527 g/mol. The Hall–Kier alpha value is -0.220. The molecule has 0 saturated carbocycles. The van der Waals surface area contributed by atoms with Gasteiger partial charge in [0, 0.05) is 18.7 Å².